The van der Waals surface area contributed by atoms with Crippen molar-refractivity contribution in [1.29, 1.82) is 0 Å². The second kappa shape index (κ2) is 11.4. The van der Waals surface area contributed by atoms with Crippen LogP contribution in [0.1, 0.15) is 19.3 Å². The highest BCUT2D eigenvalue weighted by atomic mass is 16.5. The van der Waals surface area contributed by atoms with E-state index in [1.54, 1.807) is 7.11 Å². The van der Waals surface area contributed by atoms with Crippen LogP contribution in [0, 0.1) is 0 Å². The quantitative estimate of drug-likeness (QED) is 0.505. The first-order chi connectivity index (χ1) is 7.31. The summed E-state index contributed by atoms with van der Waals surface area (Å²) in [4.78, 5) is 11.1. The van der Waals surface area contributed by atoms with Gasteiger partial charge in [0.1, 0.15) is 0 Å². The molecule has 0 fully saturated rings. The number of unbranched alkanes of at least 4 members (excludes halogenated alkanes) is 1. The molecule has 5 nitrogen and oxygen atoms in total. The molecule has 0 atom stereocenters. The molecule has 0 bridgehead atoms. The van der Waals surface area contributed by atoms with Gasteiger partial charge < -0.3 is 19.9 Å². The van der Waals surface area contributed by atoms with E-state index in [4.69, 9.17) is 14.6 Å². The van der Waals surface area contributed by atoms with Gasteiger partial charge in [-0.1, -0.05) is 0 Å². The van der Waals surface area contributed by atoms with Crippen molar-refractivity contribution >= 4 is 5.91 Å². The van der Waals surface area contributed by atoms with E-state index in [0.29, 0.717) is 39.2 Å². The third kappa shape index (κ3) is 11.3. The summed E-state index contributed by atoms with van der Waals surface area (Å²) in [5.41, 5.74) is 0. The predicted octanol–water partition coefficient (Wildman–Crippen LogP) is -0.0718. The number of hydrogen-bond acceptors (Lipinski definition) is 4. The van der Waals surface area contributed by atoms with Crippen LogP contribution in [-0.2, 0) is 14.3 Å². The third-order valence-electron chi connectivity index (χ3n) is 1.81. The molecular formula is C10H21NO4. The van der Waals surface area contributed by atoms with Crippen LogP contribution in [0.2, 0.25) is 0 Å². The van der Waals surface area contributed by atoms with Gasteiger partial charge in [-0.3, -0.25) is 4.79 Å². The number of amides is 1. The van der Waals surface area contributed by atoms with Gasteiger partial charge in [0, 0.05) is 26.7 Å². The zero-order valence-electron chi connectivity index (χ0n) is 9.33. The van der Waals surface area contributed by atoms with Crippen LogP contribution in [-0.4, -0.2) is 51.1 Å². The monoisotopic (exact) mass is 219 g/mol. The van der Waals surface area contributed by atoms with Gasteiger partial charge in [0.05, 0.1) is 19.8 Å². The number of carbonyl (C=O) groups is 1. The van der Waals surface area contributed by atoms with Crippen LogP contribution in [0.3, 0.4) is 0 Å². The fourth-order valence-corrected chi connectivity index (χ4v) is 0.993. The summed E-state index contributed by atoms with van der Waals surface area (Å²) in [6.07, 6.45) is 1.88. The molecule has 1 amide bonds. The number of ether oxygens (including phenoxy) is 2. The minimum atomic E-state index is 0.0128. The number of methoxy groups -OCH3 is 1. The molecule has 15 heavy (non-hydrogen) atoms. The fraction of sp³-hybridized carbons (Fsp3) is 0.900. The maximum atomic E-state index is 11.1. The normalized spacial score (nSPS) is 10.3. The summed E-state index contributed by atoms with van der Waals surface area (Å²) in [6, 6.07) is 0. The molecule has 0 aromatic heterocycles. The third-order valence-corrected chi connectivity index (χ3v) is 1.81. The average molecular weight is 219 g/mol. The van der Waals surface area contributed by atoms with Gasteiger partial charge in [0.15, 0.2) is 0 Å². The standard InChI is InChI=1S/C10H21NO4/c1-14-8-9-15-7-5-11-10(13)4-2-3-6-12/h12H,2-9H2,1H3,(H,11,13). The highest BCUT2D eigenvalue weighted by molar-refractivity contribution is 5.75. The average Bonchev–Trinajstić information content (AvgIpc) is 2.23. The Balaban J connectivity index is 3.10. The summed E-state index contributed by atoms with van der Waals surface area (Å²) >= 11 is 0. The zero-order valence-corrected chi connectivity index (χ0v) is 9.33. The maximum absolute atomic E-state index is 11.1. The van der Waals surface area contributed by atoms with Crippen molar-refractivity contribution in [2.45, 2.75) is 19.3 Å². The van der Waals surface area contributed by atoms with Gasteiger partial charge in [0.2, 0.25) is 5.91 Å². The van der Waals surface area contributed by atoms with Gasteiger partial charge in [-0.25, -0.2) is 0 Å². The van der Waals surface area contributed by atoms with E-state index in [0.717, 1.165) is 6.42 Å². The lowest BCUT2D eigenvalue weighted by Gasteiger charge is -2.05. The molecule has 90 valence electrons. The molecule has 5 heteroatoms. The lowest BCUT2D eigenvalue weighted by atomic mass is 10.2. The second-order valence-electron chi connectivity index (χ2n) is 3.14. The Kier molecular flexibility index (Phi) is 10.9. The molecule has 2 N–H and O–H groups in total. The van der Waals surface area contributed by atoms with Gasteiger partial charge >= 0.3 is 0 Å². The Morgan fingerprint density at radius 1 is 1.27 bits per heavy atom. The molecule has 0 aliphatic rings. The van der Waals surface area contributed by atoms with Crippen LogP contribution in [0.5, 0.6) is 0 Å². The molecule has 0 aromatic rings. The van der Waals surface area contributed by atoms with Crippen molar-refractivity contribution in [1.82, 2.24) is 5.32 Å². The first-order valence-corrected chi connectivity index (χ1v) is 5.25. The van der Waals surface area contributed by atoms with Gasteiger partial charge in [-0.15, -0.1) is 0 Å². The van der Waals surface area contributed by atoms with E-state index in [9.17, 15) is 4.79 Å². The Bertz CT molecular complexity index is 152. The lowest BCUT2D eigenvalue weighted by molar-refractivity contribution is -0.121. The summed E-state index contributed by atoms with van der Waals surface area (Å²) in [5.74, 6) is 0.0128. The highest BCUT2D eigenvalue weighted by Crippen LogP contribution is 1.93. The Labute approximate surface area is 90.8 Å². The smallest absolute Gasteiger partial charge is 0.220 e. The molecule has 0 aliphatic heterocycles. The molecule has 0 saturated heterocycles. The molecule has 0 aromatic carbocycles. The second-order valence-corrected chi connectivity index (χ2v) is 3.14. The van der Waals surface area contributed by atoms with Crippen molar-refractivity contribution < 1.29 is 19.4 Å². The van der Waals surface area contributed by atoms with E-state index >= 15 is 0 Å². The molecule has 0 radical (unpaired) electrons. The van der Waals surface area contributed by atoms with Crippen LogP contribution >= 0.6 is 0 Å². The SMILES string of the molecule is COCCOCCNC(=O)CCCCO. The molecule has 0 aliphatic carbocycles. The highest BCUT2D eigenvalue weighted by Gasteiger charge is 1.99. The molecule has 0 unspecified atom stereocenters. The van der Waals surface area contributed by atoms with Crippen molar-refractivity contribution in [3.05, 3.63) is 0 Å². The first-order valence-electron chi connectivity index (χ1n) is 5.25. The fourth-order valence-electron chi connectivity index (χ4n) is 0.993. The van der Waals surface area contributed by atoms with Crippen molar-refractivity contribution in [3.8, 4) is 0 Å². The van der Waals surface area contributed by atoms with Crippen LogP contribution in [0.25, 0.3) is 0 Å². The number of aliphatic hydroxyl groups excluding tert-OH is 1. The number of rotatable bonds is 10. The van der Waals surface area contributed by atoms with E-state index in [1.165, 1.54) is 0 Å². The van der Waals surface area contributed by atoms with Crippen molar-refractivity contribution in [2.75, 3.05) is 40.1 Å². The minimum Gasteiger partial charge on any atom is -0.396 e. The lowest BCUT2D eigenvalue weighted by Crippen LogP contribution is -2.27. The summed E-state index contributed by atoms with van der Waals surface area (Å²) < 4.78 is 9.97. The summed E-state index contributed by atoms with van der Waals surface area (Å²) in [7, 11) is 1.62. The van der Waals surface area contributed by atoms with Gasteiger partial charge in [-0.05, 0) is 12.8 Å². The summed E-state index contributed by atoms with van der Waals surface area (Å²) in [6.45, 7) is 2.31. The molecular weight excluding hydrogens is 198 g/mol. The Morgan fingerprint density at radius 2 is 2.07 bits per heavy atom. The summed E-state index contributed by atoms with van der Waals surface area (Å²) in [5, 5.41) is 11.2. The molecule has 0 saturated carbocycles. The number of aliphatic hydroxyl groups is 1. The first kappa shape index (κ1) is 14.3. The van der Waals surface area contributed by atoms with E-state index in [2.05, 4.69) is 5.32 Å². The number of hydrogen-bond donors (Lipinski definition) is 2. The van der Waals surface area contributed by atoms with Gasteiger partial charge in [0.25, 0.3) is 0 Å². The number of nitrogens with one attached hydrogen (secondary N) is 1. The Hall–Kier alpha value is -0.650. The van der Waals surface area contributed by atoms with E-state index in [1.807, 2.05) is 0 Å². The van der Waals surface area contributed by atoms with Crippen molar-refractivity contribution in [2.24, 2.45) is 0 Å². The molecule has 0 rings (SSSR count). The minimum absolute atomic E-state index is 0.0128. The van der Waals surface area contributed by atoms with Crippen LogP contribution in [0.4, 0.5) is 0 Å². The predicted molar refractivity (Wildman–Crippen MR) is 56.6 cm³/mol. The van der Waals surface area contributed by atoms with E-state index in [-0.39, 0.29) is 12.5 Å². The van der Waals surface area contributed by atoms with Crippen LogP contribution < -0.4 is 5.32 Å². The number of carbonyl (C=O) groups excluding carboxylic acids is 1. The molecule has 0 heterocycles. The van der Waals surface area contributed by atoms with Crippen LogP contribution in [0.15, 0.2) is 0 Å². The van der Waals surface area contributed by atoms with Crippen molar-refractivity contribution in [3.63, 3.8) is 0 Å². The largest absolute Gasteiger partial charge is 0.396 e. The van der Waals surface area contributed by atoms with E-state index < -0.39 is 0 Å². The maximum Gasteiger partial charge on any atom is 0.220 e. The Morgan fingerprint density at radius 3 is 2.73 bits per heavy atom. The van der Waals surface area contributed by atoms with Gasteiger partial charge in [-0.2, -0.15) is 0 Å². The topological polar surface area (TPSA) is 67.8 Å². The zero-order chi connectivity index (χ0) is 11.4. The molecule has 0 spiro atoms.